The highest BCUT2D eigenvalue weighted by atomic mass is 32.2. The van der Waals surface area contributed by atoms with Crippen molar-refractivity contribution in [1.29, 1.82) is 5.26 Å². The maximum absolute atomic E-state index is 8.91. The molecule has 1 aromatic heterocycles. The van der Waals surface area contributed by atoms with E-state index in [0.717, 1.165) is 22.3 Å². The number of nitriles is 1. The third kappa shape index (κ3) is 3.60. The molecule has 0 fully saturated rings. The Morgan fingerprint density at radius 2 is 1.91 bits per heavy atom. The Hall–Kier alpha value is -2.00. The predicted octanol–water partition coefficient (Wildman–Crippen LogP) is 3.79. The Kier molecular flexibility index (Phi) is 5.45. The molecule has 0 spiro atoms. The molecule has 0 aliphatic carbocycles. The number of nitrogens with zero attached hydrogens (tertiary/aromatic N) is 4. The molecule has 0 aliphatic heterocycles. The lowest BCUT2D eigenvalue weighted by Gasteiger charge is -2.14. The van der Waals surface area contributed by atoms with E-state index in [9.17, 15) is 0 Å². The van der Waals surface area contributed by atoms with Gasteiger partial charge in [0.05, 0.1) is 19.1 Å². The van der Waals surface area contributed by atoms with Crippen LogP contribution in [0.3, 0.4) is 0 Å². The molecule has 0 saturated heterocycles. The number of thioether (sulfide) groups is 1. The van der Waals surface area contributed by atoms with E-state index in [-0.39, 0.29) is 12.0 Å². The number of benzene rings is 1. The van der Waals surface area contributed by atoms with Crippen molar-refractivity contribution in [3.05, 3.63) is 24.3 Å². The van der Waals surface area contributed by atoms with E-state index >= 15 is 0 Å². The summed E-state index contributed by atoms with van der Waals surface area (Å²) in [6.45, 7) is 6.12. The van der Waals surface area contributed by atoms with E-state index in [1.807, 2.05) is 31.2 Å². The average Bonchev–Trinajstić information content (AvgIpc) is 2.96. The van der Waals surface area contributed by atoms with Gasteiger partial charge in [-0.3, -0.25) is 4.57 Å². The van der Waals surface area contributed by atoms with E-state index in [4.69, 9.17) is 10.00 Å². The molecule has 6 heteroatoms. The third-order valence-corrected chi connectivity index (χ3v) is 4.42. The van der Waals surface area contributed by atoms with E-state index in [2.05, 4.69) is 34.7 Å². The molecule has 0 radical (unpaired) electrons. The van der Waals surface area contributed by atoms with Crippen LogP contribution in [0.1, 0.15) is 26.8 Å². The first kappa shape index (κ1) is 16.4. The Labute approximate surface area is 135 Å². The first-order valence-corrected chi connectivity index (χ1v) is 8.17. The minimum absolute atomic E-state index is 0.00764. The molecule has 0 N–H and O–H groups in total. The molecule has 116 valence electrons. The molecule has 0 saturated carbocycles. The van der Waals surface area contributed by atoms with Crippen LogP contribution in [0.25, 0.3) is 11.4 Å². The molecule has 0 bridgehead atoms. The van der Waals surface area contributed by atoms with Gasteiger partial charge in [-0.2, -0.15) is 5.26 Å². The number of rotatable bonds is 6. The Morgan fingerprint density at radius 1 is 1.23 bits per heavy atom. The fourth-order valence-corrected chi connectivity index (χ4v) is 3.02. The monoisotopic (exact) mass is 316 g/mol. The van der Waals surface area contributed by atoms with Crippen molar-refractivity contribution in [3.8, 4) is 23.2 Å². The van der Waals surface area contributed by atoms with Crippen molar-refractivity contribution in [1.82, 2.24) is 14.8 Å². The van der Waals surface area contributed by atoms with Crippen molar-refractivity contribution in [2.24, 2.45) is 5.92 Å². The van der Waals surface area contributed by atoms with Gasteiger partial charge in [0.2, 0.25) is 0 Å². The molecule has 1 aromatic carbocycles. The fourth-order valence-electron chi connectivity index (χ4n) is 2.01. The van der Waals surface area contributed by atoms with E-state index in [0.29, 0.717) is 5.75 Å². The number of hydrogen-bond acceptors (Lipinski definition) is 5. The molecule has 0 unspecified atom stereocenters. The predicted molar refractivity (Wildman–Crippen MR) is 87.9 cm³/mol. The van der Waals surface area contributed by atoms with Gasteiger partial charge >= 0.3 is 0 Å². The van der Waals surface area contributed by atoms with Gasteiger partial charge in [0.1, 0.15) is 5.75 Å². The van der Waals surface area contributed by atoms with Crippen molar-refractivity contribution in [3.63, 3.8) is 0 Å². The van der Waals surface area contributed by atoms with Crippen LogP contribution in [0.15, 0.2) is 29.4 Å². The highest BCUT2D eigenvalue weighted by molar-refractivity contribution is 7.99. The standard InChI is InChI=1S/C16H20N4OS/c1-11(2)20-15(13-5-7-14(21-4)8-6-13)18-19-16(20)22-10-12(3)9-17/h5-8,11-12H,10H2,1-4H3/t12-/m1/s1. The van der Waals surface area contributed by atoms with Gasteiger partial charge in [0.15, 0.2) is 11.0 Å². The molecular formula is C16H20N4OS. The summed E-state index contributed by atoms with van der Waals surface area (Å²) in [6.07, 6.45) is 0. The van der Waals surface area contributed by atoms with Gasteiger partial charge in [0.25, 0.3) is 0 Å². The van der Waals surface area contributed by atoms with Crippen LogP contribution in [-0.2, 0) is 0 Å². The first-order chi connectivity index (χ1) is 10.6. The lowest BCUT2D eigenvalue weighted by molar-refractivity contribution is 0.415. The lowest BCUT2D eigenvalue weighted by atomic mass is 10.2. The van der Waals surface area contributed by atoms with Crippen LogP contribution in [0.2, 0.25) is 0 Å². The van der Waals surface area contributed by atoms with Crippen molar-refractivity contribution < 1.29 is 4.74 Å². The van der Waals surface area contributed by atoms with Crippen LogP contribution in [0.5, 0.6) is 5.75 Å². The highest BCUT2D eigenvalue weighted by Gasteiger charge is 2.17. The molecule has 5 nitrogen and oxygen atoms in total. The second-order valence-electron chi connectivity index (χ2n) is 5.34. The van der Waals surface area contributed by atoms with Gasteiger partial charge in [-0.1, -0.05) is 11.8 Å². The van der Waals surface area contributed by atoms with Crippen molar-refractivity contribution >= 4 is 11.8 Å². The SMILES string of the molecule is COc1ccc(-c2nnc(SC[C@H](C)C#N)n2C(C)C)cc1. The summed E-state index contributed by atoms with van der Waals surface area (Å²) in [6, 6.07) is 10.3. The minimum Gasteiger partial charge on any atom is -0.497 e. The van der Waals surface area contributed by atoms with Gasteiger partial charge in [0, 0.05) is 17.4 Å². The van der Waals surface area contributed by atoms with Gasteiger partial charge in [-0.05, 0) is 45.0 Å². The smallest absolute Gasteiger partial charge is 0.191 e. The van der Waals surface area contributed by atoms with Gasteiger partial charge in [-0.25, -0.2) is 0 Å². The topological polar surface area (TPSA) is 63.7 Å². The van der Waals surface area contributed by atoms with Gasteiger partial charge in [-0.15, -0.1) is 10.2 Å². The second-order valence-corrected chi connectivity index (χ2v) is 6.33. The van der Waals surface area contributed by atoms with Crippen LogP contribution in [0, 0.1) is 17.2 Å². The van der Waals surface area contributed by atoms with E-state index < -0.39 is 0 Å². The summed E-state index contributed by atoms with van der Waals surface area (Å²) in [5, 5.41) is 18.4. The molecular weight excluding hydrogens is 296 g/mol. The van der Waals surface area contributed by atoms with Crippen LogP contribution >= 0.6 is 11.8 Å². The zero-order valence-electron chi connectivity index (χ0n) is 13.3. The highest BCUT2D eigenvalue weighted by Crippen LogP contribution is 2.29. The summed E-state index contributed by atoms with van der Waals surface area (Å²) in [7, 11) is 1.65. The number of hydrogen-bond donors (Lipinski definition) is 0. The first-order valence-electron chi connectivity index (χ1n) is 7.18. The number of methoxy groups -OCH3 is 1. The second kappa shape index (κ2) is 7.32. The van der Waals surface area contributed by atoms with Crippen LogP contribution in [0.4, 0.5) is 0 Å². The Balaban J connectivity index is 2.31. The number of aromatic nitrogens is 3. The van der Waals surface area contributed by atoms with Crippen molar-refractivity contribution in [2.45, 2.75) is 32.0 Å². The summed E-state index contributed by atoms with van der Waals surface area (Å²) in [5.41, 5.74) is 1.00. The maximum Gasteiger partial charge on any atom is 0.191 e. The molecule has 2 rings (SSSR count). The average molecular weight is 316 g/mol. The molecule has 1 atom stereocenters. The lowest BCUT2D eigenvalue weighted by Crippen LogP contribution is -2.06. The Bertz CT molecular complexity index is 658. The molecule has 0 amide bonds. The summed E-state index contributed by atoms with van der Waals surface area (Å²) < 4.78 is 7.30. The molecule has 0 aliphatic rings. The number of ether oxygens (including phenoxy) is 1. The molecule has 2 aromatic rings. The summed E-state index contributed by atoms with van der Waals surface area (Å²) in [4.78, 5) is 0. The van der Waals surface area contributed by atoms with Crippen LogP contribution < -0.4 is 4.74 Å². The molecule has 1 heterocycles. The zero-order chi connectivity index (χ0) is 16.1. The van der Waals surface area contributed by atoms with E-state index in [1.54, 1.807) is 18.9 Å². The third-order valence-electron chi connectivity index (χ3n) is 3.21. The Morgan fingerprint density at radius 3 is 2.45 bits per heavy atom. The zero-order valence-corrected chi connectivity index (χ0v) is 14.1. The quantitative estimate of drug-likeness (QED) is 0.759. The minimum atomic E-state index is -0.00764. The van der Waals surface area contributed by atoms with Crippen LogP contribution in [-0.4, -0.2) is 27.6 Å². The largest absolute Gasteiger partial charge is 0.497 e. The van der Waals surface area contributed by atoms with E-state index in [1.165, 1.54) is 0 Å². The van der Waals surface area contributed by atoms with Crippen molar-refractivity contribution in [2.75, 3.05) is 12.9 Å². The summed E-state index contributed by atoms with van der Waals surface area (Å²) in [5.74, 6) is 2.36. The summed E-state index contributed by atoms with van der Waals surface area (Å²) >= 11 is 1.57. The normalized spacial score (nSPS) is 12.2. The molecule has 22 heavy (non-hydrogen) atoms. The maximum atomic E-state index is 8.91. The van der Waals surface area contributed by atoms with Gasteiger partial charge < -0.3 is 4.74 Å². The fraction of sp³-hybridized carbons (Fsp3) is 0.438.